The molecule has 6 nitrogen and oxygen atoms in total. The SMILES string of the molecule is CCOC(=O)C1CCN(C(=NC)NCCOC2CCCCCC2)CC1. The summed E-state index contributed by atoms with van der Waals surface area (Å²) in [6.07, 6.45) is 9.82. The van der Waals surface area contributed by atoms with E-state index in [1.165, 1.54) is 38.5 Å². The van der Waals surface area contributed by atoms with Crippen LogP contribution in [-0.4, -0.2) is 62.8 Å². The summed E-state index contributed by atoms with van der Waals surface area (Å²) in [6.45, 7) is 5.50. The van der Waals surface area contributed by atoms with Crippen LogP contribution in [0.1, 0.15) is 58.3 Å². The van der Waals surface area contributed by atoms with Crippen molar-refractivity contribution in [1.29, 1.82) is 0 Å². The molecule has 6 heteroatoms. The van der Waals surface area contributed by atoms with Crippen LogP contribution in [0.5, 0.6) is 0 Å². The van der Waals surface area contributed by atoms with E-state index in [0.717, 1.165) is 45.0 Å². The zero-order chi connectivity index (χ0) is 17.9. The number of rotatable bonds is 6. The van der Waals surface area contributed by atoms with Crippen LogP contribution in [0.3, 0.4) is 0 Å². The average Bonchev–Trinajstić information content (AvgIpc) is 2.91. The van der Waals surface area contributed by atoms with Gasteiger partial charge in [0.1, 0.15) is 0 Å². The summed E-state index contributed by atoms with van der Waals surface area (Å²) in [5.41, 5.74) is 0. The molecule has 0 amide bonds. The molecular formula is C19H35N3O3. The second kappa shape index (κ2) is 11.3. The van der Waals surface area contributed by atoms with Gasteiger partial charge in [0.15, 0.2) is 5.96 Å². The predicted molar refractivity (Wildman–Crippen MR) is 99.7 cm³/mol. The smallest absolute Gasteiger partial charge is 0.309 e. The zero-order valence-electron chi connectivity index (χ0n) is 16.0. The molecule has 0 aromatic carbocycles. The van der Waals surface area contributed by atoms with E-state index < -0.39 is 0 Å². The number of ether oxygens (including phenoxy) is 2. The number of hydrogen-bond donors (Lipinski definition) is 1. The fraction of sp³-hybridized carbons (Fsp3) is 0.895. The minimum Gasteiger partial charge on any atom is -0.466 e. The molecule has 1 aliphatic carbocycles. The molecule has 0 radical (unpaired) electrons. The van der Waals surface area contributed by atoms with Gasteiger partial charge in [0.05, 0.1) is 25.2 Å². The molecule has 0 spiro atoms. The Labute approximate surface area is 152 Å². The maximum Gasteiger partial charge on any atom is 0.309 e. The number of carbonyl (C=O) groups is 1. The van der Waals surface area contributed by atoms with Crippen molar-refractivity contribution in [3.8, 4) is 0 Å². The number of nitrogens with zero attached hydrogens (tertiary/aromatic N) is 2. The number of hydrogen-bond acceptors (Lipinski definition) is 4. The number of nitrogens with one attached hydrogen (secondary N) is 1. The van der Waals surface area contributed by atoms with Crippen molar-refractivity contribution in [2.24, 2.45) is 10.9 Å². The normalized spacial score (nSPS) is 21.0. The third-order valence-corrected chi connectivity index (χ3v) is 5.17. The number of guanidine groups is 1. The lowest BCUT2D eigenvalue weighted by molar-refractivity contribution is -0.149. The molecule has 2 aliphatic rings. The highest BCUT2D eigenvalue weighted by molar-refractivity contribution is 5.80. The van der Waals surface area contributed by atoms with E-state index in [-0.39, 0.29) is 11.9 Å². The van der Waals surface area contributed by atoms with Crippen molar-refractivity contribution in [3.63, 3.8) is 0 Å². The third-order valence-electron chi connectivity index (χ3n) is 5.17. The second-order valence-electron chi connectivity index (χ2n) is 6.97. The van der Waals surface area contributed by atoms with Crippen LogP contribution < -0.4 is 5.32 Å². The van der Waals surface area contributed by atoms with Crippen molar-refractivity contribution in [2.45, 2.75) is 64.4 Å². The molecule has 1 saturated heterocycles. The first-order chi connectivity index (χ1) is 12.2. The number of piperidine rings is 1. The van der Waals surface area contributed by atoms with Gasteiger partial charge < -0.3 is 19.7 Å². The first-order valence-corrected chi connectivity index (χ1v) is 9.98. The van der Waals surface area contributed by atoms with Crippen LogP contribution in [0.2, 0.25) is 0 Å². The standard InChI is InChI=1S/C19H35N3O3/c1-3-24-18(23)16-10-13-22(14-11-16)19(20-2)21-12-15-25-17-8-6-4-5-7-9-17/h16-17H,3-15H2,1-2H3,(H,20,21). The Morgan fingerprint density at radius 1 is 1.12 bits per heavy atom. The summed E-state index contributed by atoms with van der Waals surface area (Å²) >= 11 is 0. The van der Waals surface area contributed by atoms with Crippen LogP contribution in [0.25, 0.3) is 0 Å². The van der Waals surface area contributed by atoms with E-state index in [4.69, 9.17) is 9.47 Å². The van der Waals surface area contributed by atoms with Gasteiger partial charge in [0, 0.05) is 26.7 Å². The van der Waals surface area contributed by atoms with Gasteiger partial charge in [0.2, 0.25) is 0 Å². The van der Waals surface area contributed by atoms with E-state index in [1.807, 2.05) is 14.0 Å². The van der Waals surface area contributed by atoms with E-state index in [2.05, 4.69) is 15.2 Å². The number of esters is 1. The van der Waals surface area contributed by atoms with Gasteiger partial charge in [-0.3, -0.25) is 9.79 Å². The topological polar surface area (TPSA) is 63.2 Å². The summed E-state index contributed by atoms with van der Waals surface area (Å²) < 4.78 is 11.2. The Hall–Kier alpha value is -1.30. The van der Waals surface area contributed by atoms with Gasteiger partial charge in [-0.2, -0.15) is 0 Å². The summed E-state index contributed by atoms with van der Waals surface area (Å²) in [4.78, 5) is 18.4. The number of likely N-dealkylation sites (tertiary alicyclic amines) is 1. The lowest BCUT2D eigenvalue weighted by atomic mass is 9.97. The second-order valence-corrected chi connectivity index (χ2v) is 6.97. The van der Waals surface area contributed by atoms with Crippen LogP contribution in [0.15, 0.2) is 4.99 Å². The highest BCUT2D eigenvalue weighted by atomic mass is 16.5. The molecule has 2 rings (SSSR count). The predicted octanol–water partition coefficient (Wildman–Crippen LogP) is 2.58. The van der Waals surface area contributed by atoms with Crippen LogP contribution in [0, 0.1) is 5.92 Å². The largest absolute Gasteiger partial charge is 0.466 e. The van der Waals surface area contributed by atoms with E-state index in [9.17, 15) is 4.79 Å². The van der Waals surface area contributed by atoms with Gasteiger partial charge >= 0.3 is 5.97 Å². The highest BCUT2D eigenvalue weighted by Gasteiger charge is 2.27. The van der Waals surface area contributed by atoms with Crippen molar-refractivity contribution in [2.75, 3.05) is 39.9 Å². The highest BCUT2D eigenvalue weighted by Crippen LogP contribution is 2.20. The van der Waals surface area contributed by atoms with Crippen molar-refractivity contribution < 1.29 is 14.3 Å². The number of carbonyl (C=O) groups excluding carboxylic acids is 1. The summed E-state index contributed by atoms with van der Waals surface area (Å²) in [7, 11) is 1.81. The quantitative estimate of drug-likeness (QED) is 0.261. The summed E-state index contributed by atoms with van der Waals surface area (Å²) in [6, 6.07) is 0. The fourth-order valence-corrected chi connectivity index (χ4v) is 3.72. The molecule has 1 N–H and O–H groups in total. The zero-order valence-corrected chi connectivity index (χ0v) is 16.0. The minimum absolute atomic E-state index is 0.0351. The van der Waals surface area contributed by atoms with E-state index in [0.29, 0.717) is 12.7 Å². The Morgan fingerprint density at radius 2 is 1.80 bits per heavy atom. The molecule has 1 saturated carbocycles. The first kappa shape index (κ1) is 20.0. The van der Waals surface area contributed by atoms with Gasteiger partial charge in [-0.15, -0.1) is 0 Å². The maximum atomic E-state index is 11.8. The minimum atomic E-state index is -0.0538. The lowest BCUT2D eigenvalue weighted by Gasteiger charge is -2.33. The average molecular weight is 354 g/mol. The molecule has 0 unspecified atom stereocenters. The molecule has 1 aliphatic heterocycles. The molecule has 0 atom stereocenters. The van der Waals surface area contributed by atoms with Crippen LogP contribution in [-0.2, 0) is 14.3 Å². The van der Waals surface area contributed by atoms with Crippen LogP contribution in [0.4, 0.5) is 0 Å². The monoisotopic (exact) mass is 353 g/mol. The van der Waals surface area contributed by atoms with Crippen molar-refractivity contribution in [1.82, 2.24) is 10.2 Å². The van der Waals surface area contributed by atoms with Crippen molar-refractivity contribution in [3.05, 3.63) is 0 Å². The van der Waals surface area contributed by atoms with E-state index >= 15 is 0 Å². The molecule has 0 aromatic heterocycles. The lowest BCUT2D eigenvalue weighted by Crippen LogP contribution is -2.47. The van der Waals surface area contributed by atoms with Gasteiger partial charge in [-0.05, 0) is 32.6 Å². The Balaban J connectivity index is 1.64. The van der Waals surface area contributed by atoms with E-state index in [1.54, 1.807) is 0 Å². The Morgan fingerprint density at radius 3 is 2.40 bits per heavy atom. The van der Waals surface area contributed by atoms with Gasteiger partial charge in [-0.1, -0.05) is 25.7 Å². The molecule has 2 fully saturated rings. The summed E-state index contributed by atoms with van der Waals surface area (Å²) in [5, 5.41) is 3.40. The van der Waals surface area contributed by atoms with Gasteiger partial charge in [0.25, 0.3) is 0 Å². The molecule has 1 heterocycles. The Kier molecular flexibility index (Phi) is 9.08. The molecule has 25 heavy (non-hydrogen) atoms. The maximum absolute atomic E-state index is 11.8. The molecule has 0 bridgehead atoms. The summed E-state index contributed by atoms with van der Waals surface area (Å²) in [5.74, 6) is 0.890. The third kappa shape index (κ3) is 6.84. The first-order valence-electron chi connectivity index (χ1n) is 9.98. The fourth-order valence-electron chi connectivity index (χ4n) is 3.72. The van der Waals surface area contributed by atoms with Gasteiger partial charge in [-0.25, -0.2) is 0 Å². The van der Waals surface area contributed by atoms with Crippen LogP contribution >= 0.6 is 0 Å². The Bertz CT molecular complexity index is 412. The molecular weight excluding hydrogens is 318 g/mol. The van der Waals surface area contributed by atoms with Crippen molar-refractivity contribution >= 4 is 11.9 Å². The molecule has 0 aromatic rings. The number of aliphatic imine (C=N–C) groups is 1. The molecule has 144 valence electrons.